The van der Waals surface area contributed by atoms with Crippen molar-refractivity contribution in [2.45, 2.75) is 25.9 Å². The van der Waals surface area contributed by atoms with Gasteiger partial charge in [0.25, 0.3) is 0 Å². The van der Waals surface area contributed by atoms with Crippen LogP contribution in [0.2, 0.25) is 0 Å². The molecule has 0 saturated carbocycles. The molecular formula is C16H20N4. The Morgan fingerprint density at radius 1 is 1.15 bits per heavy atom. The van der Waals surface area contributed by atoms with Crippen molar-refractivity contribution in [2.24, 2.45) is 5.84 Å². The molecule has 1 aliphatic rings. The van der Waals surface area contributed by atoms with Gasteiger partial charge in [-0.1, -0.05) is 30.3 Å². The number of benzene rings is 1. The zero-order valence-corrected chi connectivity index (χ0v) is 11.5. The molecule has 3 rings (SSSR count). The lowest BCUT2D eigenvalue weighted by Gasteiger charge is -2.21. The number of anilines is 1. The number of nitrogens with one attached hydrogen (secondary N) is 1. The van der Waals surface area contributed by atoms with E-state index in [0.717, 1.165) is 31.0 Å². The summed E-state index contributed by atoms with van der Waals surface area (Å²) in [5.74, 6) is 6.30. The van der Waals surface area contributed by atoms with Gasteiger partial charge in [-0.3, -0.25) is 4.90 Å². The van der Waals surface area contributed by atoms with E-state index in [2.05, 4.69) is 45.6 Å². The summed E-state index contributed by atoms with van der Waals surface area (Å²) in [4.78, 5) is 6.73. The molecule has 2 aromatic rings. The van der Waals surface area contributed by atoms with Crippen molar-refractivity contribution in [3.05, 3.63) is 59.3 Å². The highest BCUT2D eigenvalue weighted by molar-refractivity contribution is 5.42. The number of aryl methyl sites for hydroxylation is 1. The Hall–Kier alpha value is -1.91. The molecule has 3 N–H and O–H groups in total. The molecule has 0 unspecified atom stereocenters. The van der Waals surface area contributed by atoms with Gasteiger partial charge in [0.2, 0.25) is 0 Å². The Morgan fingerprint density at radius 2 is 2.00 bits per heavy atom. The summed E-state index contributed by atoms with van der Waals surface area (Å²) in [7, 11) is 0. The zero-order valence-electron chi connectivity index (χ0n) is 11.5. The first-order valence-electron chi connectivity index (χ1n) is 7.06. The SMILES string of the molecule is NNc1ncccc1CN1CCCc2ccccc2C1. The molecule has 0 bridgehead atoms. The third kappa shape index (κ3) is 2.81. The van der Waals surface area contributed by atoms with Gasteiger partial charge in [0.05, 0.1) is 0 Å². The number of pyridine rings is 1. The predicted molar refractivity (Wildman–Crippen MR) is 80.9 cm³/mol. The smallest absolute Gasteiger partial charge is 0.144 e. The van der Waals surface area contributed by atoms with Crippen molar-refractivity contribution in [3.8, 4) is 0 Å². The number of aromatic nitrogens is 1. The van der Waals surface area contributed by atoms with Crippen molar-refractivity contribution in [1.82, 2.24) is 9.88 Å². The van der Waals surface area contributed by atoms with Crippen LogP contribution in [0.4, 0.5) is 5.82 Å². The molecule has 0 spiro atoms. The minimum atomic E-state index is 0.769. The molecule has 2 heterocycles. The number of rotatable bonds is 3. The number of hydrogen-bond donors (Lipinski definition) is 2. The summed E-state index contributed by atoms with van der Waals surface area (Å²) in [6.45, 7) is 2.98. The van der Waals surface area contributed by atoms with Crippen LogP contribution >= 0.6 is 0 Å². The number of fused-ring (bicyclic) bond motifs is 1. The summed E-state index contributed by atoms with van der Waals surface area (Å²) in [5, 5.41) is 0. The Morgan fingerprint density at radius 3 is 2.85 bits per heavy atom. The van der Waals surface area contributed by atoms with E-state index < -0.39 is 0 Å². The number of nitrogens with zero attached hydrogens (tertiary/aromatic N) is 2. The van der Waals surface area contributed by atoms with Crippen molar-refractivity contribution in [1.29, 1.82) is 0 Å². The quantitative estimate of drug-likeness (QED) is 0.662. The maximum atomic E-state index is 5.53. The second kappa shape index (κ2) is 6.03. The molecule has 104 valence electrons. The fraction of sp³-hybridized carbons (Fsp3) is 0.312. The average Bonchev–Trinajstić information content (AvgIpc) is 2.69. The molecular weight excluding hydrogens is 248 g/mol. The van der Waals surface area contributed by atoms with Crippen LogP contribution in [0.15, 0.2) is 42.6 Å². The van der Waals surface area contributed by atoms with E-state index in [1.807, 2.05) is 6.07 Å². The largest absolute Gasteiger partial charge is 0.308 e. The Kier molecular flexibility index (Phi) is 3.95. The predicted octanol–water partition coefficient (Wildman–Crippen LogP) is 2.32. The average molecular weight is 268 g/mol. The van der Waals surface area contributed by atoms with Gasteiger partial charge < -0.3 is 5.43 Å². The lowest BCUT2D eigenvalue weighted by atomic mass is 10.0. The van der Waals surface area contributed by atoms with Crippen LogP contribution in [-0.2, 0) is 19.5 Å². The van der Waals surface area contributed by atoms with Gasteiger partial charge in [0.1, 0.15) is 5.82 Å². The Balaban J connectivity index is 1.78. The van der Waals surface area contributed by atoms with E-state index in [1.54, 1.807) is 6.20 Å². The second-order valence-electron chi connectivity index (χ2n) is 5.24. The number of hydrogen-bond acceptors (Lipinski definition) is 4. The van der Waals surface area contributed by atoms with Gasteiger partial charge in [-0.25, -0.2) is 10.8 Å². The summed E-state index contributed by atoms with van der Waals surface area (Å²) in [6.07, 6.45) is 4.13. The highest BCUT2D eigenvalue weighted by Crippen LogP contribution is 2.21. The summed E-state index contributed by atoms with van der Waals surface area (Å²) in [6, 6.07) is 12.8. The van der Waals surface area contributed by atoms with Crippen molar-refractivity contribution < 1.29 is 0 Å². The zero-order chi connectivity index (χ0) is 13.8. The van der Waals surface area contributed by atoms with E-state index in [9.17, 15) is 0 Å². The third-order valence-corrected chi connectivity index (χ3v) is 3.85. The fourth-order valence-corrected chi connectivity index (χ4v) is 2.84. The van der Waals surface area contributed by atoms with Crippen LogP contribution in [0.3, 0.4) is 0 Å². The molecule has 0 aliphatic carbocycles. The van der Waals surface area contributed by atoms with Crippen molar-refractivity contribution >= 4 is 5.82 Å². The second-order valence-corrected chi connectivity index (χ2v) is 5.24. The van der Waals surface area contributed by atoms with Gasteiger partial charge >= 0.3 is 0 Å². The van der Waals surface area contributed by atoms with E-state index in [4.69, 9.17) is 5.84 Å². The number of nitrogen functional groups attached to an aromatic ring is 1. The van der Waals surface area contributed by atoms with Crippen LogP contribution < -0.4 is 11.3 Å². The molecule has 1 aromatic carbocycles. The molecule has 1 aliphatic heterocycles. The van der Waals surface area contributed by atoms with Crippen LogP contribution in [0.25, 0.3) is 0 Å². The van der Waals surface area contributed by atoms with E-state index in [1.165, 1.54) is 24.0 Å². The Bertz CT molecular complexity index is 582. The van der Waals surface area contributed by atoms with E-state index >= 15 is 0 Å². The summed E-state index contributed by atoms with van der Waals surface area (Å²) < 4.78 is 0. The maximum Gasteiger partial charge on any atom is 0.144 e. The van der Waals surface area contributed by atoms with Gasteiger partial charge in [-0.2, -0.15) is 0 Å². The molecule has 0 fully saturated rings. The fourth-order valence-electron chi connectivity index (χ4n) is 2.84. The highest BCUT2D eigenvalue weighted by Gasteiger charge is 2.15. The molecule has 1 aromatic heterocycles. The number of hydrazine groups is 1. The van der Waals surface area contributed by atoms with Gasteiger partial charge in [0.15, 0.2) is 0 Å². The van der Waals surface area contributed by atoms with Gasteiger partial charge in [-0.15, -0.1) is 0 Å². The minimum Gasteiger partial charge on any atom is -0.308 e. The first kappa shape index (κ1) is 13.1. The molecule has 0 radical (unpaired) electrons. The first-order chi connectivity index (χ1) is 9.86. The van der Waals surface area contributed by atoms with Gasteiger partial charge in [0, 0.05) is 24.8 Å². The molecule has 4 nitrogen and oxygen atoms in total. The van der Waals surface area contributed by atoms with Crippen LogP contribution in [0.5, 0.6) is 0 Å². The maximum absolute atomic E-state index is 5.53. The first-order valence-corrected chi connectivity index (χ1v) is 7.06. The molecule has 0 atom stereocenters. The topological polar surface area (TPSA) is 54.2 Å². The van der Waals surface area contributed by atoms with E-state index in [-0.39, 0.29) is 0 Å². The summed E-state index contributed by atoms with van der Waals surface area (Å²) in [5.41, 5.74) is 6.76. The normalized spacial score (nSPS) is 15.4. The van der Waals surface area contributed by atoms with E-state index in [0.29, 0.717) is 0 Å². The minimum absolute atomic E-state index is 0.769. The standard InChI is InChI=1S/C16H20N4/c17-19-16-15(7-3-9-18-16)12-20-10-4-8-13-5-1-2-6-14(13)11-20/h1-3,5-7,9H,4,8,10-12,17H2,(H,18,19). The van der Waals surface area contributed by atoms with Crippen molar-refractivity contribution in [3.63, 3.8) is 0 Å². The van der Waals surface area contributed by atoms with Crippen LogP contribution in [0.1, 0.15) is 23.1 Å². The highest BCUT2D eigenvalue weighted by atomic mass is 15.3. The van der Waals surface area contributed by atoms with Gasteiger partial charge in [-0.05, 0) is 36.6 Å². The molecule has 0 saturated heterocycles. The van der Waals surface area contributed by atoms with Crippen molar-refractivity contribution in [2.75, 3.05) is 12.0 Å². The molecule has 4 heteroatoms. The van der Waals surface area contributed by atoms with Crippen LogP contribution in [-0.4, -0.2) is 16.4 Å². The lowest BCUT2D eigenvalue weighted by molar-refractivity contribution is 0.261. The summed E-state index contributed by atoms with van der Waals surface area (Å²) >= 11 is 0. The third-order valence-electron chi connectivity index (χ3n) is 3.85. The molecule has 20 heavy (non-hydrogen) atoms. The molecule has 0 amide bonds. The lowest BCUT2D eigenvalue weighted by Crippen LogP contribution is -2.24. The van der Waals surface area contributed by atoms with Crippen LogP contribution in [0, 0.1) is 0 Å². The Labute approximate surface area is 119 Å². The number of nitrogens with two attached hydrogens (primary N) is 1. The monoisotopic (exact) mass is 268 g/mol.